The molecule has 1 N–H and O–H groups in total. The van der Waals surface area contributed by atoms with E-state index < -0.39 is 9.84 Å². The van der Waals surface area contributed by atoms with Crippen molar-refractivity contribution < 1.29 is 13.2 Å². The highest BCUT2D eigenvalue weighted by molar-refractivity contribution is 7.92. The first-order chi connectivity index (χ1) is 20.0. The molecule has 1 unspecified atom stereocenters. The van der Waals surface area contributed by atoms with Crippen LogP contribution in [0.5, 0.6) is 0 Å². The first-order valence-electron chi connectivity index (χ1n) is 16.3. The van der Waals surface area contributed by atoms with E-state index in [0.29, 0.717) is 36.9 Å². The zero-order chi connectivity index (χ0) is 27.9. The maximum atomic E-state index is 13.0. The molecule has 5 aliphatic rings. The minimum absolute atomic E-state index is 0.176. The summed E-state index contributed by atoms with van der Waals surface area (Å²) in [6, 6.07) is 17.0. The van der Waals surface area contributed by atoms with E-state index in [1.54, 1.807) is 11.1 Å². The van der Waals surface area contributed by atoms with Crippen molar-refractivity contribution in [2.45, 2.75) is 73.5 Å². The summed E-state index contributed by atoms with van der Waals surface area (Å²) in [6.45, 7) is 7.92. The fourth-order valence-corrected chi connectivity index (χ4v) is 10.7. The van der Waals surface area contributed by atoms with Gasteiger partial charge >= 0.3 is 0 Å². The maximum Gasteiger partial charge on any atom is 0.181 e. The van der Waals surface area contributed by atoms with Crippen LogP contribution in [0.1, 0.15) is 62.5 Å². The van der Waals surface area contributed by atoms with Gasteiger partial charge in [-0.05, 0) is 105 Å². The molecule has 1 atom stereocenters. The van der Waals surface area contributed by atoms with Crippen LogP contribution in [0.25, 0.3) is 0 Å². The molecule has 3 saturated heterocycles. The van der Waals surface area contributed by atoms with E-state index in [1.807, 2.05) is 24.3 Å². The van der Waals surface area contributed by atoms with Crippen LogP contribution in [-0.2, 0) is 26.5 Å². The number of likely N-dealkylation sites (tertiary alicyclic amines) is 1. The van der Waals surface area contributed by atoms with E-state index in [2.05, 4.69) is 39.4 Å². The molecule has 4 fully saturated rings. The van der Waals surface area contributed by atoms with Crippen molar-refractivity contribution in [3.63, 3.8) is 0 Å². The van der Waals surface area contributed by atoms with Gasteiger partial charge in [0.05, 0.1) is 10.1 Å². The fourth-order valence-electron chi connectivity index (χ4n) is 8.94. The molecule has 0 bridgehead atoms. The summed E-state index contributed by atoms with van der Waals surface area (Å²) in [6.07, 6.45) is 10.5. The zero-order valence-corrected chi connectivity index (χ0v) is 25.3. The fraction of sp³-hybridized carbons (Fsp3) is 0.647. The third-order valence-corrected chi connectivity index (χ3v) is 13.4. The molecule has 6 nitrogen and oxygen atoms in total. The molecule has 4 heterocycles. The predicted octanol–water partition coefficient (Wildman–Crippen LogP) is 5.02. The van der Waals surface area contributed by atoms with Crippen molar-refractivity contribution in [1.29, 1.82) is 0 Å². The number of piperidine rings is 1. The molecule has 1 saturated carbocycles. The Morgan fingerprint density at radius 2 is 1.54 bits per heavy atom. The Balaban J connectivity index is 0.940. The van der Waals surface area contributed by atoms with Gasteiger partial charge in [0.2, 0.25) is 0 Å². The summed E-state index contributed by atoms with van der Waals surface area (Å²) in [4.78, 5) is 5.58. The first-order valence-corrected chi connectivity index (χ1v) is 17.8. The Bertz CT molecular complexity index is 1290. The SMILES string of the molecule is O=S(=O)(c1ccc(N2CC(CN3CCC(C4(C5CCCC5)NCCc5ccccc54)CC3)C2)cc1)C1CCOCC1. The van der Waals surface area contributed by atoms with Gasteiger partial charge in [0.25, 0.3) is 0 Å². The standard InChI is InChI=1S/C34H47N3O3S/c38-41(39,32-16-21-40-22-17-32)31-11-9-30(10-12-31)37-24-26(25-37)23-36-19-14-29(15-20-36)34(28-6-2-3-7-28)33-8-4-1-5-27(33)13-18-35-34/h1,4-5,8-12,26,28-29,32,35H,2-3,6-7,13-25H2. The number of hydrogen-bond acceptors (Lipinski definition) is 6. The first kappa shape index (κ1) is 27.9. The predicted molar refractivity (Wildman–Crippen MR) is 164 cm³/mol. The highest BCUT2D eigenvalue weighted by Gasteiger charge is 2.50. The Morgan fingerprint density at radius 3 is 2.27 bits per heavy atom. The van der Waals surface area contributed by atoms with E-state index in [4.69, 9.17) is 4.74 Å². The average molecular weight is 578 g/mol. The Hall–Kier alpha value is -1.93. The van der Waals surface area contributed by atoms with Crippen LogP contribution in [0.15, 0.2) is 53.4 Å². The molecule has 0 amide bonds. The molecule has 41 heavy (non-hydrogen) atoms. The van der Waals surface area contributed by atoms with Gasteiger partial charge in [-0.3, -0.25) is 0 Å². The number of anilines is 1. The van der Waals surface area contributed by atoms with Gasteiger partial charge in [-0.25, -0.2) is 8.42 Å². The number of nitrogens with zero attached hydrogens (tertiary/aromatic N) is 2. The molecule has 7 heteroatoms. The average Bonchev–Trinajstić information content (AvgIpc) is 3.55. The van der Waals surface area contributed by atoms with Crippen molar-refractivity contribution in [3.8, 4) is 0 Å². The topological polar surface area (TPSA) is 61.9 Å². The van der Waals surface area contributed by atoms with Gasteiger partial charge in [-0.2, -0.15) is 0 Å². The summed E-state index contributed by atoms with van der Waals surface area (Å²) in [5, 5.41) is 3.86. The van der Waals surface area contributed by atoms with Gasteiger partial charge < -0.3 is 19.9 Å². The van der Waals surface area contributed by atoms with Crippen LogP contribution in [0.2, 0.25) is 0 Å². The number of rotatable bonds is 7. The third-order valence-electron chi connectivity index (χ3n) is 11.1. The smallest absolute Gasteiger partial charge is 0.181 e. The van der Waals surface area contributed by atoms with Crippen molar-refractivity contribution >= 4 is 15.5 Å². The highest BCUT2D eigenvalue weighted by Crippen LogP contribution is 2.50. The molecule has 1 aliphatic carbocycles. The van der Waals surface area contributed by atoms with Crippen LogP contribution in [-0.4, -0.2) is 71.0 Å². The molecule has 2 aromatic rings. The normalized spacial score (nSPS) is 27.6. The van der Waals surface area contributed by atoms with Gasteiger partial charge in [0.1, 0.15) is 0 Å². The van der Waals surface area contributed by atoms with Crippen LogP contribution in [0.3, 0.4) is 0 Å². The summed E-state index contributed by atoms with van der Waals surface area (Å²) in [7, 11) is -3.27. The number of ether oxygens (including phenoxy) is 1. The van der Waals surface area contributed by atoms with E-state index in [9.17, 15) is 8.42 Å². The molecule has 2 aromatic carbocycles. The van der Waals surface area contributed by atoms with E-state index in [-0.39, 0.29) is 10.8 Å². The van der Waals surface area contributed by atoms with Gasteiger partial charge in [0.15, 0.2) is 9.84 Å². The third kappa shape index (κ3) is 5.26. The second-order valence-electron chi connectivity index (χ2n) is 13.4. The lowest BCUT2D eigenvalue weighted by Crippen LogP contribution is -2.59. The number of nitrogens with one attached hydrogen (secondary N) is 1. The second-order valence-corrected chi connectivity index (χ2v) is 15.6. The highest BCUT2D eigenvalue weighted by atomic mass is 32.2. The molecule has 4 aliphatic heterocycles. The minimum atomic E-state index is -3.27. The zero-order valence-electron chi connectivity index (χ0n) is 24.5. The lowest BCUT2D eigenvalue weighted by molar-refractivity contribution is 0.0492. The number of hydrogen-bond donors (Lipinski definition) is 1. The van der Waals surface area contributed by atoms with Gasteiger partial charge in [0, 0.05) is 56.5 Å². The van der Waals surface area contributed by atoms with E-state index >= 15 is 0 Å². The molecule has 0 spiro atoms. The van der Waals surface area contributed by atoms with Crippen LogP contribution >= 0.6 is 0 Å². The van der Waals surface area contributed by atoms with Gasteiger partial charge in [-0.1, -0.05) is 37.1 Å². The quantitative estimate of drug-likeness (QED) is 0.499. The maximum absolute atomic E-state index is 13.0. The summed E-state index contributed by atoms with van der Waals surface area (Å²) < 4.78 is 31.4. The largest absolute Gasteiger partial charge is 0.381 e. The molecule has 7 rings (SSSR count). The lowest BCUT2D eigenvalue weighted by Gasteiger charge is -2.53. The molecule has 0 aromatic heterocycles. The van der Waals surface area contributed by atoms with Crippen LogP contribution in [0.4, 0.5) is 5.69 Å². The van der Waals surface area contributed by atoms with Crippen molar-refractivity contribution in [3.05, 3.63) is 59.7 Å². The molecular weight excluding hydrogens is 530 g/mol. The van der Waals surface area contributed by atoms with Crippen molar-refractivity contribution in [2.24, 2.45) is 17.8 Å². The minimum Gasteiger partial charge on any atom is -0.381 e. The second kappa shape index (κ2) is 11.6. The van der Waals surface area contributed by atoms with E-state index in [0.717, 1.165) is 43.6 Å². The van der Waals surface area contributed by atoms with Crippen LogP contribution in [0, 0.1) is 17.8 Å². The lowest BCUT2D eigenvalue weighted by atomic mass is 9.63. The number of fused-ring (bicyclic) bond motifs is 1. The number of sulfone groups is 1. The molecular formula is C34H47N3O3S. The van der Waals surface area contributed by atoms with Crippen LogP contribution < -0.4 is 10.2 Å². The summed E-state index contributed by atoms with van der Waals surface area (Å²) in [5.41, 5.74) is 4.53. The Morgan fingerprint density at radius 1 is 0.854 bits per heavy atom. The number of benzene rings is 2. The van der Waals surface area contributed by atoms with Crippen molar-refractivity contribution in [1.82, 2.24) is 10.2 Å². The summed E-state index contributed by atoms with van der Waals surface area (Å²) in [5.74, 6) is 2.19. The van der Waals surface area contributed by atoms with Gasteiger partial charge in [-0.15, -0.1) is 0 Å². The Kier molecular flexibility index (Phi) is 7.91. The van der Waals surface area contributed by atoms with E-state index in [1.165, 1.54) is 58.2 Å². The molecule has 0 radical (unpaired) electrons. The van der Waals surface area contributed by atoms with Crippen molar-refractivity contribution in [2.75, 3.05) is 57.4 Å². The summed E-state index contributed by atoms with van der Waals surface area (Å²) >= 11 is 0. The Labute approximate surface area is 246 Å². The monoisotopic (exact) mass is 577 g/mol. The molecule has 222 valence electrons.